The number of hydrogen-bond acceptors (Lipinski definition) is 6. The van der Waals surface area contributed by atoms with Crippen molar-refractivity contribution >= 4 is 50.6 Å². The van der Waals surface area contributed by atoms with E-state index in [0.29, 0.717) is 38.9 Å². The summed E-state index contributed by atoms with van der Waals surface area (Å²) in [4.78, 5) is 33.6. The summed E-state index contributed by atoms with van der Waals surface area (Å²) < 4.78 is 5.87. The van der Waals surface area contributed by atoms with E-state index >= 15 is 0 Å². The number of carbonyl (C=O) groups excluding carboxylic acids is 2. The van der Waals surface area contributed by atoms with Gasteiger partial charge in [0.05, 0.1) is 28.6 Å². The standard InChI is InChI=1S/C27H24N4O4S/c32-18-6-4-5-16(15-18)29-25(33)24-23-22-21(13-14-28-26(22)36-24)31(27(34)30-23)17-9-11-20(12-10-17)35-19-7-2-1-3-8-19/h1-3,7-14,16,18,32H,4-6,15H2,(H,29,33)(H,30,34)/t16?,18-/m1/s1. The number of aromatic nitrogens is 1. The van der Waals surface area contributed by atoms with Crippen LogP contribution in [-0.2, 0) is 0 Å². The predicted molar refractivity (Wildman–Crippen MR) is 139 cm³/mol. The SMILES string of the molecule is O=C(NC1CCC[C@@H](O)C1)c1sc2nccc3c2c1NC(=O)N3c1ccc(Oc2ccccc2)cc1. The number of urea groups is 1. The number of pyridine rings is 1. The number of carbonyl (C=O) groups is 2. The van der Waals surface area contributed by atoms with E-state index in [9.17, 15) is 14.7 Å². The summed E-state index contributed by atoms with van der Waals surface area (Å²) in [6, 6.07) is 18.1. The van der Waals surface area contributed by atoms with Crippen molar-refractivity contribution in [3.63, 3.8) is 0 Å². The zero-order valence-electron chi connectivity index (χ0n) is 19.3. The number of aliphatic hydroxyl groups is 1. The molecule has 3 heterocycles. The lowest BCUT2D eigenvalue weighted by Crippen LogP contribution is -2.40. The van der Waals surface area contributed by atoms with Gasteiger partial charge in [0.2, 0.25) is 0 Å². The number of nitrogens with one attached hydrogen (secondary N) is 2. The largest absolute Gasteiger partial charge is 0.457 e. The lowest BCUT2D eigenvalue weighted by molar-refractivity contribution is 0.0854. The van der Waals surface area contributed by atoms with Crippen LogP contribution in [0.4, 0.5) is 21.9 Å². The van der Waals surface area contributed by atoms with E-state index in [-0.39, 0.29) is 18.0 Å². The van der Waals surface area contributed by atoms with E-state index in [1.807, 2.05) is 54.6 Å². The topological polar surface area (TPSA) is 104 Å². The van der Waals surface area contributed by atoms with Gasteiger partial charge in [-0.3, -0.25) is 9.69 Å². The quantitative estimate of drug-likeness (QED) is 0.321. The van der Waals surface area contributed by atoms with Crippen molar-refractivity contribution in [3.8, 4) is 11.5 Å². The summed E-state index contributed by atoms with van der Waals surface area (Å²) >= 11 is 1.26. The fraction of sp³-hybridized carbons (Fsp3) is 0.222. The monoisotopic (exact) mass is 500 g/mol. The van der Waals surface area contributed by atoms with Crippen LogP contribution in [0.2, 0.25) is 0 Å². The molecule has 1 saturated carbocycles. The fourth-order valence-corrected chi connectivity index (χ4v) is 5.86. The number of amides is 3. The van der Waals surface area contributed by atoms with Gasteiger partial charge in [-0.15, -0.1) is 11.3 Å². The van der Waals surface area contributed by atoms with Crippen molar-refractivity contribution in [2.45, 2.75) is 37.8 Å². The number of ether oxygens (including phenoxy) is 1. The highest BCUT2D eigenvalue weighted by atomic mass is 32.1. The zero-order chi connectivity index (χ0) is 24.6. The molecule has 182 valence electrons. The van der Waals surface area contributed by atoms with Gasteiger partial charge in [0.1, 0.15) is 21.2 Å². The maximum atomic E-state index is 13.3. The zero-order valence-corrected chi connectivity index (χ0v) is 20.1. The van der Waals surface area contributed by atoms with Crippen LogP contribution in [0.15, 0.2) is 66.9 Å². The second kappa shape index (κ2) is 9.25. The third kappa shape index (κ3) is 4.16. The summed E-state index contributed by atoms with van der Waals surface area (Å²) in [5.41, 5.74) is 1.82. The fourth-order valence-electron chi connectivity index (χ4n) is 4.83. The number of para-hydroxylation sites is 1. The smallest absolute Gasteiger partial charge is 0.331 e. The minimum atomic E-state index is -0.393. The summed E-state index contributed by atoms with van der Waals surface area (Å²) in [6.07, 6.45) is 4.26. The van der Waals surface area contributed by atoms with Gasteiger partial charge in [-0.05, 0) is 68.1 Å². The lowest BCUT2D eigenvalue weighted by Gasteiger charge is -2.29. The molecule has 1 aliphatic heterocycles. The van der Waals surface area contributed by atoms with Gasteiger partial charge in [-0.25, -0.2) is 9.78 Å². The molecule has 2 atom stereocenters. The van der Waals surface area contributed by atoms with E-state index in [0.717, 1.165) is 30.4 Å². The molecule has 0 bridgehead atoms. The minimum Gasteiger partial charge on any atom is -0.457 e. The van der Waals surface area contributed by atoms with E-state index in [2.05, 4.69) is 15.6 Å². The molecule has 4 aromatic rings. The van der Waals surface area contributed by atoms with Gasteiger partial charge < -0.3 is 20.5 Å². The van der Waals surface area contributed by atoms with Gasteiger partial charge in [0, 0.05) is 12.2 Å². The molecule has 2 aromatic heterocycles. The van der Waals surface area contributed by atoms with Gasteiger partial charge in [-0.2, -0.15) is 0 Å². The summed E-state index contributed by atoms with van der Waals surface area (Å²) in [7, 11) is 0. The molecular formula is C27H24N4O4S. The Morgan fingerprint density at radius 1 is 1.08 bits per heavy atom. The first kappa shape index (κ1) is 22.5. The molecule has 36 heavy (non-hydrogen) atoms. The van der Waals surface area contributed by atoms with Crippen molar-refractivity contribution in [3.05, 3.63) is 71.7 Å². The predicted octanol–water partition coefficient (Wildman–Crippen LogP) is 5.81. The van der Waals surface area contributed by atoms with E-state index in [4.69, 9.17) is 4.74 Å². The number of thiophene rings is 1. The summed E-state index contributed by atoms with van der Waals surface area (Å²) in [5.74, 6) is 1.13. The average Bonchev–Trinajstić information content (AvgIpc) is 3.25. The van der Waals surface area contributed by atoms with Crippen LogP contribution in [0.1, 0.15) is 35.4 Å². The highest BCUT2D eigenvalue weighted by Crippen LogP contribution is 2.46. The van der Waals surface area contributed by atoms with E-state index in [1.54, 1.807) is 17.2 Å². The maximum Gasteiger partial charge on any atom is 0.331 e. The Morgan fingerprint density at radius 3 is 2.64 bits per heavy atom. The van der Waals surface area contributed by atoms with Crippen LogP contribution < -0.4 is 20.3 Å². The normalized spacial score (nSPS) is 19.1. The lowest BCUT2D eigenvalue weighted by atomic mass is 9.93. The van der Waals surface area contributed by atoms with Crippen LogP contribution in [-0.4, -0.2) is 34.2 Å². The molecule has 1 unspecified atom stereocenters. The van der Waals surface area contributed by atoms with Crippen LogP contribution in [0.5, 0.6) is 11.5 Å². The molecule has 0 radical (unpaired) electrons. The van der Waals surface area contributed by atoms with E-state index < -0.39 is 6.10 Å². The molecule has 2 aliphatic rings. The highest BCUT2D eigenvalue weighted by Gasteiger charge is 2.33. The molecule has 0 spiro atoms. The van der Waals surface area contributed by atoms with Gasteiger partial charge in [-0.1, -0.05) is 18.2 Å². The molecule has 1 aliphatic carbocycles. The Kier molecular flexibility index (Phi) is 5.79. The third-order valence-corrected chi connectivity index (χ3v) is 7.60. The van der Waals surface area contributed by atoms with Crippen LogP contribution in [0.25, 0.3) is 10.2 Å². The Morgan fingerprint density at radius 2 is 1.86 bits per heavy atom. The summed E-state index contributed by atoms with van der Waals surface area (Å²) in [6.45, 7) is 0. The number of anilines is 3. The first-order chi connectivity index (χ1) is 17.6. The van der Waals surface area contributed by atoms with Crippen LogP contribution in [0.3, 0.4) is 0 Å². The van der Waals surface area contributed by atoms with Crippen molar-refractivity contribution < 1.29 is 19.4 Å². The first-order valence-corrected chi connectivity index (χ1v) is 12.7. The molecule has 6 rings (SSSR count). The number of hydrogen-bond donors (Lipinski definition) is 3. The minimum absolute atomic E-state index is 0.0847. The molecule has 1 fully saturated rings. The van der Waals surface area contributed by atoms with Crippen LogP contribution in [0, 0.1) is 0 Å². The molecule has 3 N–H and O–H groups in total. The number of rotatable bonds is 5. The van der Waals surface area contributed by atoms with Crippen molar-refractivity contribution in [2.24, 2.45) is 0 Å². The first-order valence-electron chi connectivity index (χ1n) is 11.9. The molecule has 3 amide bonds. The number of benzene rings is 2. The molecule has 0 saturated heterocycles. The molecular weight excluding hydrogens is 476 g/mol. The second-order valence-corrected chi connectivity index (χ2v) is 9.98. The number of aliphatic hydroxyl groups excluding tert-OH is 1. The van der Waals surface area contributed by atoms with Gasteiger partial charge >= 0.3 is 6.03 Å². The molecule has 8 nitrogen and oxygen atoms in total. The average molecular weight is 501 g/mol. The third-order valence-electron chi connectivity index (χ3n) is 6.51. The second-order valence-electron chi connectivity index (χ2n) is 8.98. The van der Waals surface area contributed by atoms with E-state index in [1.165, 1.54) is 11.3 Å². The van der Waals surface area contributed by atoms with Crippen molar-refractivity contribution in [1.29, 1.82) is 0 Å². The Bertz CT molecular complexity index is 1440. The van der Waals surface area contributed by atoms with Crippen molar-refractivity contribution in [1.82, 2.24) is 10.3 Å². The summed E-state index contributed by atoms with van der Waals surface area (Å²) in [5, 5.41) is 16.6. The Balaban J connectivity index is 1.30. The highest BCUT2D eigenvalue weighted by molar-refractivity contribution is 7.21. The van der Waals surface area contributed by atoms with Crippen molar-refractivity contribution in [2.75, 3.05) is 10.2 Å². The Hall–Kier alpha value is -3.95. The van der Waals surface area contributed by atoms with Gasteiger partial charge in [0.25, 0.3) is 5.91 Å². The van der Waals surface area contributed by atoms with Gasteiger partial charge in [0.15, 0.2) is 0 Å². The van der Waals surface area contributed by atoms with Crippen LogP contribution >= 0.6 is 11.3 Å². The maximum absolute atomic E-state index is 13.3. The molecule has 9 heteroatoms. The molecule has 2 aromatic carbocycles. The number of nitrogens with zero attached hydrogens (tertiary/aromatic N) is 2. The Labute approximate surface area is 211 Å².